The minimum Gasteiger partial charge on any atom is -0.392 e. The number of urea groups is 1. The van der Waals surface area contributed by atoms with Gasteiger partial charge in [0.05, 0.1) is 24.2 Å². The smallest absolute Gasteiger partial charge is 0.322 e. The van der Waals surface area contributed by atoms with Gasteiger partial charge in [0.1, 0.15) is 0 Å². The molecule has 0 aliphatic carbocycles. The van der Waals surface area contributed by atoms with Crippen LogP contribution in [0.1, 0.15) is 13.8 Å². The number of aliphatic hydroxyl groups excluding tert-OH is 1. The Morgan fingerprint density at radius 1 is 1.27 bits per heavy atom. The molecule has 0 spiro atoms. The lowest BCUT2D eigenvalue weighted by Crippen LogP contribution is -2.56. The molecule has 7 nitrogen and oxygen atoms in total. The van der Waals surface area contributed by atoms with Gasteiger partial charge in [-0.1, -0.05) is 30.3 Å². The molecule has 0 unspecified atom stereocenters. The minimum absolute atomic E-state index is 0.0759. The van der Waals surface area contributed by atoms with Gasteiger partial charge in [-0.05, 0) is 13.8 Å². The van der Waals surface area contributed by atoms with Gasteiger partial charge in [-0.25, -0.2) is 14.8 Å². The van der Waals surface area contributed by atoms with Gasteiger partial charge in [0.25, 0.3) is 0 Å². The first-order chi connectivity index (χ1) is 12.5. The van der Waals surface area contributed by atoms with Crippen LogP contribution in [0.4, 0.5) is 10.5 Å². The quantitative estimate of drug-likeness (QED) is 0.877. The van der Waals surface area contributed by atoms with E-state index in [4.69, 9.17) is 0 Å². The van der Waals surface area contributed by atoms with Crippen molar-refractivity contribution in [1.29, 1.82) is 0 Å². The van der Waals surface area contributed by atoms with Crippen LogP contribution in [0.5, 0.6) is 0 Å². The van der Waals surface area contributed by atoms with Crippen LogP contribution in [0.15, 0.2) is 42.7 Å². The molecule has 2 heterocycles. The molecule has 1 aromatic carbocycles. The molecule has 1 aliphatic heterocycles. The fourth-order valence-corrected chi connectivity index (χ4v) is 3.20. The fraction of sp³-hybridized carbons (Fsp3) is 0.421. The van der Waals surface area contributed by atoms with Gasteiger partial charge in [0.2, 0.25) is 0 Å². The number of carbonyl (C=O) groups excluding carboxylic acids is 1. The Bertz CT molecular complexity index is 720. The number of rotatable bonds is 4. The van der Waals surface area contributed by atoms with Crippen molar-refractivity contribution in [2.75, 3.05) is 31.5 Å². The van der Waals surface area contributed by atoms with Crippen molar-refractivity contribution >= 4 is 11.7 Å². The maximum Gasteiger partial charge on any atom is 0.322 e. The third kappa shape index (κ3) is 4.56. The molecule has 0 radical (unpaired) electrons. The molecule has 2 N–H and O–H groups in total. The molecule has 1 saturated heterocycles. The molecule has 7 heteroatoms. The topological polar surface area (TPSA) is 81.6 Å². The molecule has 2 aromatic rings. The van der Waals surface area contributed by atoms with Crippen LogP contribution in [0.2, 0.25) is 0 Å². The number of hydrogen-bond acceptors (Lipinski definition) is 5. The second kappa shape index (κ2) is 8.25. The number of benzene rings is 1. The molecule has 2 amide bonds. The summed E-state index contributed by atoms with van der Waals surface area (Å²) in [4.78, 5) is 25.2. The van der Waals surface area contributed by atoms with Crippen molar-refractivity contribution in [1.82, 2.24) is 19.8 Å². The number of amides is 2. The summed E-state index contributed by atoms with van der Waals surface area (Å²) in [6.07, 6.45) is 2.89. The van der Waals surface area contributed by atoms with Crippen LogP contribution in [0.3, 0.4) is 0 Å². The second-order valence-corrected chi connectivity index (χ2v) is 6.74. The van der Waals surface area contributed by atoms with Crippen molar-refractivity contribution in [3.63, 3.8) is 0 Å². The van der Waals surface area contributed by atoms with E-state index in [1.807, 2.05) is 42.2 Å². The summed E-state index contributed by atoms with van der Waals surface area (Å²) >= 11 is 0. The maximum absolute atomic E-state index is 12.6. The van der Waals surface area contributed by atoms with Crippen molar-refractivity contribution in [3.8, 4) is 11.4 Å². The van der Waals surface area contributed by atoms with Gasteiger partial charge >= 0.3 is 6.03 Å². The summed E-state index contributed by atoms with van der Waals surface area (Å²) in [5.41, 5.74) is 1.52. The number of nitrogens with zero attached hydrogens (tertiary/aromatic N) is 4. The summed E-state index contributed by atoms with van der Waals surface area (Å²) in [7, 11) is 0. The molecule has 0 saturated carbocycles. The third-order valence-electron chi connectivity index (χ3n) is 4.43. The van der Waals surface area contributed by atoms with E-state index in [0.29, 0.717) is 24.6 Å². The van der Waals surface area contributed by atoms with Crippen LogP contribution < -0.4 is 5.32 Å². The standard InChI is InChI=1S/C19H25N5O2/c1-14-12-23(13-15(2)25)8-9-24(14)19(26)22-17-10-20-18(21-11-17)16-6-4-3-5-7-16/h3-7,10-11,14-15,25H,8-9,12-13H2,1-2H3,(H,22,26)/t14-,15-/m0/s1. The zero-order chi connectivity index (χ0) is 18.5. The molecule has 138 valence electrons. The number of aromatic nitrogens is 2. The largest absolute Gasteiger partial charge is 0.392 e. The van der Waals surface area contributed by atoms with E-state index in [-0.39, 0.29) is 18.2 Å². The lowest BCUT2D eigenvalue weighted by Gasteiger charge is -2.40. The average molecular weight is 355 g/mol. The zero-order valence-electron chi connectivity index (χ0n) is 15.2. The third-order valence-corrected chi connectivity index (χ3v) is 4.43. The Hall–Kier alpha value is -2.51. The molecule has 1 aromatic heterocycles. The van der Waals surface area contributed by atoms with Gasteiger partial charge in [0.15, 0.2) is 5.82 Å². The Morgan fingerprint density at radius 2 is 1.96 bits per heavy atom. The fourth-order valence-electron chi connectivity index (χ4n) is 3.20. The highest BCUT2D eigenvalue weighted by molar-refractivity contribution is 5.89. The van der Waals surface area contributed by atoms with Gasteiger partial charge in [-0.2, -0.15) is 0 Å². The molecular formula is C19H25N5O2. The average Bonchev–Trinajstić information content (AvgIpc) is 2.62. The summed E-state index contributed by atoms with van der Waals surface area (Å²) < 4.78 is 0. The zero-order valence-corrected chi connectivity index (χ0v) is 15.2. The van der Waals surface area contributed by atoms with E-state index in [0.717, 1.165) is 18.7 Å². The first-order valence-electron chi connectivity index (χ1n) is 8.88. The molecule has 1 aliphatic rings. The Kier molecular flexibility index (Phi) is 5.80. The van der Waals surface area contributed by atoms with Crippen molar-refractivity contribution in [2.24, 2.45) is 0 Å². The molecule has 0 bridgehead atoms. The van der Waals surface area contributed by atoms with Crippen molar-refractivity contribution < 1.29 is 9.90 Å². The minimum atomic E-state index is -0.358. The van der Waals surface area contributed by atoms with Gasteiger partial charge in [0, 0.05) is 37.8 Å². The number of anilines is 1. The predicted molar refractivity (Wildman–Crippen MR) is 101 cm³/mol. The van der Waals surface area contributed by atoms with E-state index < -0.39 is 0 Å². The van der Waals surface area contributed by atoms with Gasteiger partial charge < -0.3 is 15.3 Å². The van der Waals surface area contributed by atoms with Crippen LogP contribution in [0.25, 0.3) is 11.4 Å². The summed E-state index contributed by atoms with van der Waals surface area (Å²) in [6, 6.07) is 9.64. The highest BCUT2D eigenvalue weighted by atomic mass is 16.3. The number of nitrogens with one attached hydrogen (secondary N) is 1. The molecule has 2 atom stereocenters. The van der Waals surface area contributed by atoms with Crippen LogP contribution in [-0.2, 0) is 0 Å². The van der Waals surface area contributed by atoms with Gasteiger partial charge in [-0.3, -0.25) is 4.90 Å². The first-order valence-corrected chi connectivity index (χ1v) is 8.88. The van der Waals surface area contributed by atoms with Crippen LogP contribution >= 0.6 is 0 Å². The lowest BCUT2D eigenvalue weighted by molar-refractivity contribution is 0.0692. The van der Waals surface area contributed by atoms with E-state index in [1.54, 1.807) is 19.3 Å². The van der Waals surface area contributed by atoms with Crippen molar-refractivity contribution in [2.45, 2.75) is 26.0 Å². The predicted octanol–water partition coefficient (Wildman–Crippen LogP) is 2.06. The second-order valence-electron chi connectivity index (χ2n) is 6.74. The monoisotopic (exact) mass is 355 g/mol. The molecule has 3 rings (SSSR count). The lowest BCUT2D eigenvalue weighted by atomic mass is 10.2. The van der Waals surface area contributed by atoms with E-state index in [1.165, 1.54) is 0 Å². The van der Waals surface area contributed by atoms with E-state index in [9.17, 15) is 9.90 Å². The molecule has 1 fully saturated rings. The number of aliphatic hydroxyl groups is 1. The van der Waals surface area contributed by atoms with Crippen LogP contribution in [0, 0.1) is 0 Å². The number of carbonyl (C=O) groups is 1. The Balaban J connectivity index is 1.58. The van der Waals surface area contributed by atoms with Crippen LogP contribution in [-0.4, -0.2) is 69.2 Å². The SMILES string of the molecule is C[C@H](O)CN1CCN(C(=O)Nc2cnc(-c3ccccc3)nc2)[C@@H](C)C1. The molecular weight excluding hydrogens is 330 g/mol. The van der Waals surface area contributed by atoms with E-state index >= 15 is 0 Å². The first kappa shape index (κ1) is 18.3. The highest BCUT2D eigenvalue weighted by Gasteiger charge is 2.27. The number of piperazine rings is 1. The Morgan fingerprint density at radius 3 is 2.58 bits per heavy atom. The number of β-amino-alcohol motifs (C(OH)–C–C–N with tert-alkyl or cyclic N) is 1. The maximum atomic E-state index is 12.6. The Labute approximate surface area is 153 Å². The molecule has 26 heavy (non-hydrogen) atoms. The summed E-state index contributed by atoms with van der Waals surface area (Å²) in [5.74, 6) is 0.628. The van der Waals surface area contributed by atoms with E-state index in [2.05, 4.69) is 20.2 Å². The van der Waals surface area contributed by atoms with Crippen molar-refractivity contribution in [3.05, 3.63) is 42.7 Å². The van der Waals surface area contributed by atoms with Gasteiger partial charge in [-0.15, -0.1) is 0 Å². The summed E-state index contributed by atoms with van der Waals surface area (Å²) in [5, 5.41) is 12.4. The highest BCUT2D eigenvalue weighted by Crippen LogP contribution is 2.16. The summed E-state index contributed by atoms with van der Waals surface area (Å²) in [6.45, 7) is 6.57. The normalized spacial score (nSPS) is 19.2. The number of hydrogen-bond donors (Lipinski definition) is 2.